The predicted octanol–water partition coefficient (Wildman–Crippen LogP) is 4.73. The van der Waals surface area contributed by atoms with Crippen molar-refractivity contribution in [2.75, 3.05) is 31.1 Å². The number of pyridine rings is 2. The van der Waals surface area contributed by atoms with Gasteiger partial charge >= 0.3 is 0 Å². The number of carbonyl (C=O) groups is 1. The highest BCUT2D eigenvalue weighted by Gasteiger charge is 2.20. The van der Waals surface area contributed by atoms with Gasteiger partial charge in [0.15, 0.2) is 0 Å². The lowest BCUT2D eigenvalue weighted by Gasteiger charge is -2.33. The zero-order valence-corrected chi connectivity index (χ0v) is 20.4. The molecule has 2 aromatic heterocycles. The van der Waals surface area contributed by atoms with Crippen LogP contribution >= 0.6 is 0 Å². The average Bonchev–Trinajstić information content (AvgIpc) is 2.87. The van der Waals surface area contributed by atoms with E-state index in [9.17, 15) is 4.79 Å². The Balaban J connectivity index is 1.55. The largest absolute Gasteiger partial charge is 0.373 e. The number of nitriles is 1. The highest BCUT2D eigenvalue weighted by molar-refractivity contribution is 5.82. The predicted molar refractivity (Wildman–Crippen MR) is 134 cm³/mol. The minimum Gasteiger partial charge on any atom is -0.373 e. The molecule has 7 nitrogen and oxygen atoms in total. The monoisotopic (exact) mass is 459 g/mol. The van der Waals surface area contributed by atoms with Crippen molar-refractivity contribution in [1.82, 2.24) is 14.9 Å². The molecule has 2 unspecified atom stereocenters. The standard InChI is InChI=1S/C27H33N5O2/c1-5-31(19-20(3)32(6-2)26-13-12-22(17-28)18-30-26)27(33)14-16-34-21(4)23-9-7-11-25-24(23)10-8-15-29-25/h7-13,15,18,20-21H,5-6,14,16,19H2,1-4H3. The van der Waals surface area contributed by atoms with E-state index in [1.807, 2.05) is 55.1 Å². The Morgan fingerprint density at radius 3 is 2.59 bits per heavy atom. The fourth-order valence-corrected chi connectivity index (χ4v) is 4.20. The number of aromatic nitrogens is 2. The summed E-state index contributed by atoms with van der Waals surface area (Å²) in [5.41, 5.74) is 2.55. The van der Waals surface area contributed by atoms with Gasteiger partial charge in [0.1, 0.15) is 11.9 Å². The van der Waals surface area contributed by atoms with Gasteiger partial charge in [-0.05, 0) is 57.5 Å². The molecule has 7 heteroatoms. The first-order chi connectivity index (χ1) is 16.5. The molecule has 34 heavy (non-hydrogen) atoms. The van der Waals surface area contributed by atoms with Gasteiger partial charge in [0.05, 0.1) is 30.2 Å². The lowest BCUT2D eigenvalue weighted by atomic mass is 10.0. The van der Waals surface area contributed by atoms with Crippen molar-refractivity contribution in [1.29, 1.82) is 5.26 Å². The van der Waals surface area contributed by atoms with Crippen molar-refractivity contribution < 1.29 is 9.53 Å². The molecule has 0 bridgehead atoms. The average molecular weight is 460 g/mol. The van der Waals surface area contributed by atoms with Crippen molar-refractivity contribution in [3.05, 3.63) is 66.0 Å². The lowest BCUT2D eigenvalue weighted by molar-refractivity contribution is -0.132. The van der Waals surface area contributed by atoms with Crippen LogP contribution in [0.1, 0.15) is 51.3 Å². The van der Waals surface area contributed by atoms with E-state index in [4.69, 9.17) is 10.00 Å². The lowest BCUT2D eigenvalue weighted by Crippen LogP contribution is -2.45. The fraction of sp³-hybridized carbons (Fsp3) is 0.407. The van der Waals surface area contributed by atoms with E-state index in [-0.39, 0.29) is 18.1 Å². The molecule has 0 N–H and O–H groups in total. The van der Waals surface area contributed by atoms with Crippen LogP contribution in [0.5, 0.6) is 0 Å². The molecule has 0 aliphatic carbocycles. The van der Waals surface area contributed by atoms with Crippen LogP contribution in [0.15, 0.2) is 54.9 Å². The number of hydrogen-bond donors (Lipinski definition) is 0. The maximum Gasteiger partial charge on any atom is 0.224 e. The number of ether oxygens (including phenoxy) is 1. The molecule has 0 spiro atoms. The van der Waals surface area contributed by atoms with Crippen LogP contribution in [0.2, 0.25) is 0 Å². The quantitative estimate of drug-likeness (QED) is 0.412. The number of hydrogen-bond acceptors (Lipinski definition) is 6. The zero-order valence-electron chi connectivity index (χ0n) is 20.4. The molecule has 0 aliphatic heterocycles. The molecule has 178 valence electrons. The fourth-order valence-electron chi connectivity index (χ4n) is 4.20. The van der Waals surface area contributed by atoms with Crippen molar-refractivity contribution in [3.63, 3.8) is 0 Å². The Bertz CT molecular complexity index is 1120. The van der Waals surface area contributed by atoms with Crippen LogP contribution in [0.4, 0.5) is 5.82 Å². The van der Waals surface area contributed by atoms with Gasteiger partial charge < -0.3 is 14.5 Å². The van der Waals surface area contributed by atoms with Crippen molar-refractivity contribution in [2.24, 2.45) is 0 Å². The third-order valence-electron chi connectivity index (χ3n) is 6.06. The first-order valence-electron chi connectivity index (χ1n) is 11.8. The normalized spacial score (nSPS) is 12.7. The molecule has 0 saturated carbocycles. The summed E-state index contributed by atoms with van der Waals surface area (Å²) in [6.45, 7) is 10.5. The number of benzene rings is 1. The first-order valence-corrected chi connectivity index (χ1v) is 11.8. The van der Waals surface area contributed by atoms with Gasteiger partial charge in [0.25, 0.3) is 0 Å². The van der Waals surface area contributed by atoms with Crippen LogP contribution in [-0.4, -0.2) is 53.1 Å². The van der Waals surface area contributed by atoms with Gasteiger partial charge in [-0.15, -0.1) is 0 Å². The molecule has 0 fully saturated rings. The number of nitrogens with zero attached hydrogens (tertiary/aromatic N) is 5. The van der Waals surface area contributed by atoms with E-state index in [0.717, 1.165) is 28.8 Å². The van der Waals surface area contributed by atoms with Gasteiger partial charge in [-0.3, -0.25) is 9.78 Å². The highest BCUT2D eigenvalue weighted by Crippen LogP contribution is 2.25. The summed E-state index contributed by atoms with van der Waals surface area (Å²) in [5, 5.41) is 10.1. The second-order valence-electron chi connectivity index (χ2n) is 8.26. The Kier molecular flexibility index (Phi) is 8.94. The van der Waals surface area contributed by atoms with E-state index < -0.39 is 0 Å². The highest BCUT2D eigenvalue weighted by atomic mass is 16.5. The van der Waals surface area contributed by atoms with E-state index >= 15 is 0 Å². The third-order valence-corrected chi connectivity index (χ3v) is 6.06. The maximum atomic E-state index is 12.9. The van der Waals surface area contributed by atoms with Gasteiger partial charge in [0.2, 0.25) is 5.91 Å². The first kappa shape index (κ1) is 25.1. The number of amides is 1. The van der Waals surface area contributed by atoms with Crippen molar-refractivity contribution in [2.45, 2.75) is 46.3 Å². The maximum absolute atomic E-state index is 12.9. The minimum absolute atomic E-state index is 0.0741. The van der Waals surface area contributed by atoms with Gasteiger partial charge in [-0.25, -0.2) is 4.98 Å². The zero-order chi connectivity index (χ0) is 24.5. The number of anilines is 1. The van der Waals surface area contributed by atoms with Crippen LogP contribution in [0, 0.1) is 11.3 Å². The Morgan fingerprint density at radius 1 is 1.09 bits per heavy atom. The smallest absolute Gasteiger partial charge is 0.224 e. The molecule has 1 aromatic carbocycles. The number of rotatable bonds is 11. The Labute approximate surface area is 202 Å². The molecule has 3 aromatic rings. The second kappa shape index (κ2) is 12.1. The Hall–Kier alpha value is -3.50. The van der Waals surface area contributed by atoms with Crippen LogP contribution in [0.3, 0.4) is 0 Å². The molecule has 3 rings (SSSR count). The SMILES string of the molecule is CCN(CC(C)N(CC)c1ccc(C#N)cn1)C(=O)CCOC(C)c1cccc2ncccc12. The third kappa shape index (κ3) is 6.09. The molecule has 0 saturated heterocycles. The molecule has 2 atom stereocenters. The van der Waals surface area contributed by atoms with Crippen LogP contribution < -0.4 is 4.90 Å². The molecule has 1 amide bonds. The second-order valence-corrected chi connectivity index (χ2v) is 8.26. The Morgan fingerprint density at radius 2 is 1.91 bits per heavy atom. The summed E-state index contributed by atoms with van der Waals surface area (Å²) in [7, 11) is 0. The van der Waals surface area contributed by atoms with Crippen LogP contribution in [0.25, 0.3) is 10.9 Å². The molecule has 2 heterocycles. The molecular weight excluding hydrogens is 426 g/mol. The summed E-state index contributed by atoms with van der Waals surface area (Å²) in [4.78, 5) is 25.8. The van der Waals surface area contributed by atoms with E-state index in [1.54, 1.807) is 18.5 Å². The number of likely N-dealkylation sites (N-methyl/N-ethyl adjacent to an activating group) is 2. The van der Waals surface area contributed by atoms with E-state index in [2.05, 4.69) is 34.8 Å². The van der Waals surface area contributed by atoms with Gasteiger partial charge in [-0.1, -0.05) is 18.2 Å². The molecular formula is C27H33N5O2. The summed E-state index contributed by atoms with van der Waals surface area (Å²) < 4.78 is 6.04. The van der Waals surface area contributed by atoms with Crippen molar-refractivity contribution >= 4 is 22.6 Å². The minimum atomic E-state index is -0.132. The summed E-state index contributed by atoms with van der Waals surface area (Å²) in [6, 6.07) is 15.8. The summed E-state index contributed by atoms with van der Waals surface area (Å²) in [5.74, 6) is 0.879. The van der Waals surface area contributed by atoms with Crippen LogP contribution in [-0.2, 0) is 9.53 Å². The number of fused-ring (bicyclic) bond motifs is 1. The molecule has 0 radical (unpaired) electrons. The van der Waals surface area contributed by atoms with Gasteiger partial charge in [0, 0.05) is 43.5 Å². The topological polar surface area (TPSA) is 82.3 Å². The summed E-state index contributed by atoms with van der Waals surface area (Å²) in [6.07, 6.45) is 3.56. The van der Waals surface area contributed by atoms with E-state index in [0.29, 0.717) is 31.7 Å². The molecule has 0 aliphatic rings. The number of carbonyl (C=O) groups excluding carboxylic acids is 1. The van der Waals surface area contributed by atoms with Gasteiger partial charge in [-0.2, -0.15) is 5.26 Å². The van der Waals surface area contributed by atoms with Crippen molar-refractivity contribution in [3.8, 4) is 6.07 Å². The summed E-state index contributed by atoms with van der Waals surface area (Å²) >= 11 is 0. The van der Waals surface area contributed by atoms with E-state index in [1.165, 1.54) is 0 Å².